The van der Waals surface area contributed by atoms with E-state index in [1.54, 1.807) is 11.8 Å². The van der Waals surface area contributed by atoms with Crippen LogP contribution in [0.15, 0.2) is 17.5 Å². The number of hydrogen-bond acceptors (Lipinski definition) is 6. The van der Waals surface area contributed by atoms with Crippen LogP contribution < -0.4 is 0 Å². The summed E-state index contributed by atoms with van der Waals surface area (Å²) in [5.74, 6) is -1.08. The highest BCUT2D eigenvalue weighted by Gasteiger charge is 2.20. The van der Waals surface area contributed by atoms with E-state index in [1.807, 2.05) is 17.5 Å². The summed E-state index contributed by atoms with van der Waals surface area (Å²) >= 11 is 1.46. The van der Waals surface area contributed by atoms with E-state index in [-0.39, 0.29) is 5.69 Å². The van der Waals surface area contributed by atoms with Crippen LogP contribution in [-0.2, 0) is 16.0 Å². The number of ether oxygens (including phenoxy) is 2. The molecule has 2 aromatic heterocycles. The van der Waals surface area contributed by atoms with Gasteiger partial charge >= 0.3 is 5.97 Å². The monoisotopic (exact) mass is 311 g/mol. The molecule has 0 amide bonds. The SMILES string of the molecule is COCCCOCCn1nnc(C(=O)O)c1-c1cccs1. The number of carboxylic acids is 1. The lowest BCUT2D eigenvalue weighted by Crippen LogP contribution is -2.10. The summed E-state index contributed by atoms with van der Waals surface area (Å²) in [6, 6.07) is 3.72. The molecule has 114 valence electrons. The number of carbonyl (C=O) groups is 1. The third-order valence-corrected chi connectivity index (χ3v) is 3.65. The van der Waals surface area contributed by atoms with Crippen LogP contribution in [-0.4, -0.2) is 53.0 Å². The zero-order valence-corrected chi connectivity index (χ0v) is 12.5. The van der Waals surface area contributed by atoms with Gasteiger partial charge in [0, 0.05) is 20.3 Å². The summed E-state index contributed by atoms with van der Waals surface area (Å²) in [7, 11) is 1.65. The van der Waals surface area contributed by atoms with Crippen LogP contribution in [0.3, 0.4) is 0 Å². The third-order valence-electron chi connectivity index (χ3n) is 2.78. The molecule has 0 atom stereocenters. The van der Waals surface area contributed by atoms with Crippen molar-refractivity contribution in [2.24, 2.45) is 0 Å². The van der Waals surface area contributed by atoms with Gasteiger partial charge in [0.1, 0.15) is 5.69 Å². The van der Waals surface area contributed by atoms with Crippen molar-refractivity contribution >= 4 is 17.3 Å². The molecule has 7 nitrogen and oxygen atoms in total. The molecule has 0 saturated carbocycles. The first-order valence-corrected chi connectivity index (χ1v) is 7.39. The van der Waals surface area contributed by atoms with Gasteiger partial charge in [-0.15, -0.1) is 16.4 Å². The lowest BCUT2D eigenvalue weighted by molar-refractivity contribution is 0.0691. The van der Waals surface area contributed by atoms with E-state index in [1.165, 1.54) is 11.3 Å². The predicted octanol–water partition coefficient (Wildman–Crippen LogP) is 1.76. The maximum atomic E-state index is 11.2. The average Bonchev–Trinajstić information content (AvgIpc) is 3.10. The Labute approximate surface area is 126 Å². The van der Waals surface area contributed by atoms with Crippen molar-refractivity contribution in [3.8, 4) is 10.6 Å². The Bertz CT molecular complexity index is 568. The minimum absolute atomic E-state index is 0.0307. The molecule has 0 aromatic carbocycles. The van der Waals surface area contributed by atoms with Crippen molar-refractivity contribution in [2.75, 3.05) is 26.9 Å². The molecule has 0 aliphatic rings. The zero-order chi connectivity index (χ0) is 15.1. The standard InChI is InChI=1S/C13H17N3O4S/c1-19-6-3-7-20-8-5-16-12(10-4-2-9-21-10)11(13(17)18)14-15-16/h2,4,9H,3,5-8H2,1H3,(H,17,18). The fourth-order valence-corrected chi connectivity index (χ4v) is 2.60. The first-order chi connectivity index (χ1) is 10.2. The molecule has 0 unspecified atom stereocenters. The smallest absolute Gasteiger partial charge is 0.358 e. The summed E-state index contributed by atoms with van der Waals surface area (Å²) in [6.45, 7) is 2.17. The number of aromatic carboxylic acids is 1. The number of methoxy groups -OCH3 is 1. The van der Waals surface area contributed by atoms with Gasteiger partial charge in [0.25, 0.3) is 0 Å². The molecular formula is C13H17N3O4S. The van der Waals surface area contributed by atoms with Gasteiger partial charge in [0.2, 0.25) is 0 Å². The van der Waals surface area contributed by atoms with E-state index in [0.717, 1.165) is 11.3 Å². The predicted molar refractivity (Wildman–Crippen MR) is 77.6 cm³/mol. The molecule has 0 saturated heterocycles. The van der Waals surface area contributed by atoms with Crippen LogP contribution >= 0.6 is 11.3 Å². The van der Waals surface area contributed by atoms with Gasteiger partial charge in [-0.05, 0) is 17.9 Å². The molecule has 0 aliphatic carbocycles. The fourth-order valence-electron chi connectivity index (χ4n) is 1.83. The van der Waals surface area contributed by atoms with E-state index in [0.29, 0.717) is 32.1 Å². The number of hydrogen-bond donors (Lipinski definition) is 1. The number of rotatable bonds is 9. The van der Waals surface area contributed by atoms with Crippen molar-refractivity contribution in [1.29, 1.82) is 0 Å². The number of aromatic nitrogens is 3. The molecule has 0 aliphatic heterocycles. The van der Waals surface area contributed by atoms with Crippen LogP contribution in [0.1, 0.15) is 16.9 Å². The van der Waals surface area contributed by atoms with E-state index in [9.17, 15) is 9.90 Å². The lowest BCUT2D eigenvalue weighted by Gasteiger charge is -2.06. The second-order valence-corrected chi connectivity index (χ2v) is 5.20. The summed E-state index contributed by atoms with van der Waals surface area (Å²) in [5, 5.41) is 18.7. The van der Waals surface area contributed by atoms with E-state index in [2.05, 4.69) is 10.3 Å². The van der Waals surface area contributed by atoms with Crippen molar-refractivity contribution in [3.63, 3.8) is 0 Å². The Balaban J connectivity index is 2.01. The van der Waals surface area contributed by atoms with Crippen LogP contribution in [0.25, 0.3) is 10.6 Å². The molecule has 2 heterocycles. The van der Waals surface area contributed by atoms with Gasteiger partial charge in [-0.2, -0.15) is 0 Å². The molecule has 0 fully saturated rings. The number of carboxylic acid groups (broad SMARTS) is 1. The second kappa shape index (κ2) is 7.87. The maximum absolute atomic E-state index is 11.2. The largest absolute Gasteiger partial charge is 0.476 e. The van der Waals surface area contributed by atoms with Crippen LogP contribution in [0.2, 0.25) is 0 Å². The van der Waals surface area contributed by atoms with Crippen LogP contribution in [0.4, 0.5) is 0 Å². The summed E-state index contributed by atoms with van der Waals surface area (Å²) in [4.78, 5) is 12.1. The summed E-state index contributed by atoms with van der Waals surface area (Å²) < 4.78 is 12.0. The molecular weight excluding hydrogens is 294 g/mol. The van der Waals surface area contributed by atoms with Crippen molar-refractivity contribution in [2.45, 2.75) is 13.0 Å². The Hall–Kier alpha value is -1.77. The van der Waals surface area contributed by atoms with E-state index < -0.39 is 5.97 Å². The molecule has 0 spiro atoms. The highest BCUT2D eigenvalue weighted by molar-refractivity contribution is 7.13. The van der Waals surface area contributed by atoms with Gasteiger partial charge in [-0.25, -0.2) is 9.48 Å². The van der Waals surface area contributed by atoms with Gasteiger partial charge < -0.3 is 14.6 Å². The summed E-state index contributed by atoms with van der Waals surface area (Å²) in [5.41, 5.74) is 0.495. The first kappa shape index (κ1) is 15.6. The lowest BCUT2D eigenvalue weighted by atomic mass is 10.2. The number of thiophene rings is 1. The Morgan fingerprint density at radius 2 is 2.29 bits per heavy atom. The highest BCUT2D eigenvalue weighted by atomic mass is 32.1. The Morgan fingerprint density at radius 3 is 2.95 bits per heavy atom. The van der Waals surface area contributed by atoms with Crippen molar-refractivity contribution in [3.05, 3.63) is 23.2 Å². The van der Waals surface area contributed by atoms with E-state index >= 15 is 0 Å². The molecule has 0 radical (unpaired) electrons. The molecule has 2 aromatic rings. The quantitative estimate of drug-likeness (QED) is 0.710. The highest BCUT2D eigenvalue weighted by Crippen LogP contribution is 2.26. The van der Waals surface area contributed by atoms with E-state index in [4.69, 9.17) is 9.47 Å². The van der Waals surface area contributed by atoms with Crippen LogP contribution in [0, 0.1) is 0 Å². The average molecular weight is 311 g/mol. The minimum atomic E-state index is -1.08. The second-order valence-electron chi connectivity index (χ2n) is 4.25. The molecule has 1 N–H and O–H groups in total. The van der Waals surface area contributed by atoms with Gasteiger partial charge in [0.15, 0.2) is 5.69 Å². The van der Waals surface area contributed by atoms with Crippen LogP contribution in [0.5, 0.6) is 0 Å². The fraction of sp³-hybridized carbons (Fsp3) is 0.462. The van der Waals surface area contributed by atoms with Gasteiger partial charge in [0.05, 0.1) is 18.0 Å². The molecule has 2 rings (SSSR count). The Kier molecular flexibility index (Phi) is 5.85. The molecule has 0 bridgehead atoms. The number of nitrogens with zero attached hydrogens (tertiary/aromatic N) is 3. The van der Waals surface area contributed by atoms with Gasteiger partial charge in [-0.3, -0.25) is 0 Å². The topological polar surface area (TPSA) is 86.5 Å². The maximum Gasteiger partial charge on any atom is 0.358 e. The molecule has 21 heavy (non-hydrogen) atoms. The summed E-state index contributed by atoms with van der Waals surface area (Å²) in [6.07, 6.45) is 0.825. The first-order valence-electron chi connectivity index (χ1n) is 6.51. The normalized spacial score (nSPS) is 10.9. The molecule has 8 heteroatoms. The van der Waals surface area contributed by atoms with Crippen molar-refractivity contribution < 1.29 is 19.4 Å². The third kappa shape index (κ3) is 4.10. The van der Waals surface area contributed by atoms with Gasteiger partial charge in [-0.1, -0.05) is 11.3 Å². The Morgan fingerprint density at radius 1 is 1.43 bits per heavy atom. The van der Waals surface area contributed by atoms with Crippen molar-refractivity contribution in [1.82, 2.24) is 15.0 Å². The zero-order valence-electron chi connectivity index (χ0n) is 11.7. The minimum Gasteiger partial charge on any atom is -0.476 e.